The molecule has 3 aromatic rings. The smallest absolute Gasteiger partial charge is 0.205 e. The van der Waals surface area contributed by atoms with Crippen molar-refractivity contribution < 1.29 is 19.0 Å². The predicted molar refractivity (Wildman–Crippen MR) is 114 cm³/mol. The second kappa shape index (κ2) is 8.20. The van der Waals surface area contributed by atoms with Crippen LogP contribution < -0.4 is 15.2 Å². The molecule has 0 unspecified atom stereocenters. The van der Waals surface area contributed by atoms with Crippen LogP contribution in [-0.4, -0.2) is 18.4 Å². The van der Waals surface area contributed by atoms with Crippen LogP contribution in [0, 0.1) is 17.1 Å². The van der Waals surface area contributed by atoms with Gasteiger partial charge in [0.1, 0.15) is 34.7 Å². The highest BCUT2D eigenvalue weighted by Crippen LogP contribution is 2.44. The molecule has 0 saturated carbocycles. The number of nitriles is 1. The van der Waals surface area contributed by atoms with Gasteiger partial charge in [0.05, 0.1) is 18.7 Å². The molecule has 0 fully saturated rings. The SMILES string of the molecule is COc1ccc(N=Cc2cc3c(cc2O)OC(N)=C(C#N)[C@H]3c2cccc(F)c2)cc1. The summed E-state index contributed by atoms with van der Waals surface area (Å²) in [5.41, 5.74) is 8.31. The molecule has 7 heteroatoms. The molecule has 1 aliphatic rings. The van der Waals surface area contributed by atoms with E-state index < -0.39 is 11.7 Å². The number of rotatable bonds is 4. The third-order valence-electron chi connectivity index (χ3n) is 4.97. The van der Waals surface area contributed by atoms with E-state index in [0.29, 0.717) is 33.9 Å². The summed E-state index contributed by atoms with van der Waals surface area (Å²) in [6.07, 6.45) is 1.51. The van der Waals surface area contributed by atoms with Gasteiger partial charge in [0, 0.05) is 23.4 Å². The van der Waals surface area contributed by atoms with E-state index in [4.69, 9.17) is 15.2 Å². The van der Waals surface area contributed by atoms with Crippen molar-refractivity contribution in [1.82, 2.24) is 0 Å². The van der Waals surface area contributed by atoms with Crippen LogP contribution in [0.3, 0.4) is 0 Å². The van der Waals surface area contributed by atoms with Gasteiger partial charge in [-0.3, -0.25) is 4.99 Å². The molecule has 31 heavy (non-hydrogen) atoms. The summed E-state index contributed by atoms with van der Waals surface area (Å²) in [5, 5.41) is 20.1. The molecule has 0 saturated heterocycles. The van der Waals surface area contributed by atoms with Crippen LogP contribution in [0.15, 0.2) is 77.1 Å². The number of nitrogens with two attached hydrogens (primary N) is 1. The average Bonchev–Trinajstić information content (AvgIpc) is 2.77. The lowest BCUT2D eigenvalue weighted by atomic mass is 9.83. The summed E-state index contributed by atoms with van der Waals surface area (Å²) < 4.78 is 24.6. The molecule has 0 bridgehead atoms. The number of phenols is 1. The predicted octanol–water partition coefficient (Wildman–Crippen LogP) is 4.51. The van der Waals surface area contributed by atoms with Crippen molar-refractivity contribution in [2.75, 3.05) is 7.11 Å². The fraction of sp³-hybridized carbons (Fsp3) is 0.0833. The van der Waals surface area contributed by atoms with E-state index in [1.165, 1.54) is 24.4 Å². The molecule has 4 rings (SSSR count). The number of methoxy groups -OCH3 is 1. The minimum absolute atomic E-state index is 0.0674. The van der Waals surface area contributed by atoms with Crippen molar-refractivity contribution in [3.05, 3.63) is 94.6 Å². The molecule has 0 radical (unpaired) electrons. The first-order valence-corrected chi connectivity index (χ1v) is 9.38. The number of benzene rings is 3. The monoisotopic (exact) mass is 415 g/mol. The summed E-state index contributed by atoms with van der Waals surface area (Å²) >= 11 is 0. The molecule has 3 N–H and O–H groups in total. The van der Waals surface area contributed by atoms with Crippen LogP contribution in [0.5, 0.6) is 17.2 Å². The summed E-state index contributed by atoms with van der Waals surface area (Å²) in [5.74, 6) is -0.214. The van der Waals surface area contributed by atoms with Gasteiger partial charge in [-0.25, -0.2) is 4.39 Å². The first-order valence-electron chi connectivity index (χ1n) is 9.38. The fourth-order valence-electron chi connectivity index (χ4n) is 3.46. The highest BCUT2D eigenvalue weighted by atomic mass is 19.1. The third kappa shape index (κ3) is 3.91. The first-order chi connectivity index (χ1) is 15.0. The van der Waals surface area contributed by atoms with Gasteiger partial charge in [-0.05, 0) is 48.0 Å². The van der Waals surface area contributed by atoms with Crippen LogP contribution in [0.25, 0.3) is 0 Å². The highest BCUT2D eigenvalue weighted by Gasteiger charge is 2.31. The quantitative estimate of drug-likeness (QED) is 0.611. The Hall–Kier alpha value is -4.31. The first kappa shape index (κ1) is 20.0. The van der Waals surface area contributed by atoms with E-state index >= 15 is 0 Å². The van der Waals surface area contributed by atoms with Crippen molar-refractivity contribution in [1.29, 1.82) is 5.26 Å². The van der Waals surface area contributed by atoms with Crippen LogP contribution in [0.2, 0.25) is 0 Å². The third-order valence-corrected chi connectivity index (χ3v) is 4.97. The van der Waals surface area contributed by atoms with Crippen molar-refractivity contribution in [2.24, 2.45) is 10.7 Å². The Morgan fingerprint density at radius 1 is 1.19 bits per heavy atom. The topological polar surface area (TPSA) is 101 Å². The Labute approximate surface area is 178 Å². The van der Waals surface area contributed by atoms with Gasteiger partial charge in [0.2, 0.25) is 5.88 Å². The van der Waals surface area contributed by atoms with Crippen molar-refractivity contribution in [3.63, 3.8) is 0 Å². The van der Waals surface area contributed by atoms with E-state index in [9.17, 15) is 14.8 Å². The number of ether oxygens (including phenoxy) is 2. The lowest BCUT2D eigenvalue weighted by Gasteiger charge is -2.27. The van der Waals surface area contributed by atoms with E-state index in [2.05, 4.69) is 11.1 Å². The van der Waals surface area contributed by atoms with E-state index in [0.717, 1.165) is 0 Å². The molecule has 3 aromatic carbocycles. The van der Waals surface area contributed by atoms with Crippen molar-refractivity contribution in [2.45, 2.75) is 5.92 Å². The molecule has 0 amide bonds. The zero-order valence-electron chi connectivity index (χ0n) is 16.5. The summed E-state index contributed by atoms with van der Waals surface area (Å²) in [6.45, 7) is 0. The number of aliphatic imine (C=N–C) groups is 1. The van der Waals surface area contributed by atoms with Gasteiger partial charge in [0.15, 0.2) is 0 Å². The number of hydrogen-bond acceptors (Lipinski definition) is 6. The Kier molecular flexibility index (Phi) is 5.29. The maximum absolute atomic E-state index is 13.9. The van der Waals surface area contributed by atoms with E-state index in [-0.39, 0.29) is 17.2 Å². The lowest BCUT2D eigenvalue weighted by molar-refractivity contribution is 0.388. The molecule has 6 nitrogen and oxygen atoms in total. The largest absolute Gasteiger partial charge is 0.507 e. The molecule has 0 aromatic heterocycles. The normalized spacial score (nSPS) is 15.3. The van der Waals surface area contributed by atoms with E-state index in [1.807, 2.05) is 0 Å². The standard InChI is InChI=1S/C24H18FN3O3/c1-30-18-7-5-17(6-8-18)28-13-15-10-19-22(11-21(15)29)31-24(27)20(12-26)23(19)14-3-2-4-16(25)9-14/h2-11,13,23,29H,27H2,1H3/t23-/m0/s1. The zero-order chi connectivity index (χ0) is 22.0. The second-order valence-electron chi connectivity index (χ2n) is 6.88. The summed E-state index contributed by atoms with van der Waals surface area (Å²) in [6, 6.07) is 18.2. The summed E-state index contributed by atoms with van der Waals surface area (Å²) in [7, 11) is 1.58. The average molecular weight is 415 g/mol. The lowest BCUT2D eigenvalue weighted by Crippen LogP contribution is -2.21. The number of halogens is 1. The maximum Gasteiger partial charge on any atom is 0.205 e. The number of allylic oxidation sites excluding steroid dienone is 1. The fourth-order valence-corrected chi connectivity index (χ4v) is 3.46. The Morgan fingerprint density at radius 2 is 1.97 bits per heavy atom. The number of aromatic hydroxyl groups is 1. The number of phenolic OH excluding ortho intramolecular Hbond substituents is 1. The minimum Gasteiger partial charge on any atom is -0.507 e. The molecule has 0 aliphatic carbocycles. The molecule has 1 heterocycles. The van der Waals surface area contributed by atoms with Crippen LogP contribution in [0.1, 0.15) is 22.6 Å². The van der Waals surface area contributed by atoms with E-state index in [1.54, 1.807) is 49.6 Å². The van der Waals surface area contributed by atoms with Gasteiger partial charge >= 0.3 is 0 Å². The minimum atomic E-state index is -0.641. The number of fused-ring (bicyclic) bond motifs is 1. The Balaban J connectivity index is 1.79. The molecule has 154 valence electrons. The van der Waals surface area contributed by atoms with Gasteiger partial charge in [-0.15, -0.1) is 0 Å². The highest BCUT2D eigenvalue weighted by molar-refractivity contribution is 5.86. The molecular weight excluding hydrogens is 397 g/mol. The number of hydrogen-bond donors (Lipinski definition) is 2. The maximum atomic E-state index is 13.9. The zero-order valence-corrected chi connectivity index (χ0v) is 16.5. The molecule has 0 spiro atoms. The molecular formula is C24H18FN3O3. The van der Waals surface area contributed by atoms with Crippen LogP contribution in [-0.2, 0) is 0 Å². The molecule has 1 atom stereocenters. The Bertz CT molecular complexity index is 1240. The van der Waals surface area contributed by atoms with Crippen LogP contribution in [0.4, 0.5) is 10.1 Å². The van der Waals surface area contributed by atoms with Crippen molar-refractivity contribution >= 4 is 11.9 Å². The summed E-state index contributed by atoms with van der Waals surface area (Å²) in [4.78, 5) is 4.38. The Morgan fingerprint density at radius 3 is 2.65 bits per heavy atom. The van der Waals surface area contributed by atoms with Crippen molar-refractivity contribution in [3.8, 4) is 23.3 Å². The van der Waals surface area contributed by atoms with Gasteiger partial charge in [0.25, 0.3) is 0 Å². The van der Waals surface area contributed by atoms with Gasteiger partial charge < -0.3 is 20.3 Å². The van der Waals surface area contributed by atoms with Gasteiger partial charge in [-0.2, -0.15) is 5.26 Å². The second-order valence-corrected chi connectivity index (χ2v) is 6.88. The van der Waals surface area contributed by atoms with Gasteiger partial charge in [-0.1, -0.05) is 12.1 Å². The molecule has 1 aliphatic heterocycles. The van der Waals surface area contributed by atoms with Crippen LogP contribution >= 0.6 is 0 Å². The number of nitrogens with zero attached hydrogens (tertiary/aromatic N) is 2.